The molecule has 0 aromatic heterocycles. The molecular weight excluding hydrogens is 314 g/mol. The van der Waals surface area contributed by atoms with Crippen LogP contribution >= 0.6 is 15.9 Å². The first-order chi connectivity index (χ1) is 8.97. The van der Waals surface area contributed by atoms with Crippen LogP contribution in [-0.2, 0) is 4.79 Å². The summed E-state index contributed by atoms with van der Waals surface area (Å²) >= 11 is 3.26. The smallest absolute Gasteiger partial charge is 0.273 e. The highest BCUT2D eigenvalue weighted by atomic mass is 79.9. The average molecular weight is 328 g/mol. The normalized spacial score (nSPS) is 14.0. The third-order valence-corrected chi connectivity index (χ3v) is 3.52. The van der Waals surface area contributed by atoms with Crippen molar-refractivity contribution in [1.29, 1.82) is 0 Å². The summed E-state index contributed by atoms with van der Waals surface area (Å²) in [5, 5.41) is 16.6. The SMILES string of the molecule is Cc1cc(NCC(=O)NC2CC2)c(Br)cc1[N+](=O)[O-]. The van der Waals surface area contributed by atoms with Gasteiger partial charge in [0.2, 0.25) is 5.91 Å². The number of rotatable bonds is 5. The minimum absolute atomic E-state index is 0.0554. The molecule has 1 amide bonds. The summed E-state index contributed by atoms with van der Waals surface area (Å²) in [4.78, 5) is 21.9. The largest absolute Gasteiger partial charge is 0.375 e. The lowest BCUT2D eigenvalue weighted by atomic mass is 10.2. The van der Waals surface area contributed by atoms with E-state index in [-0.39, 0.29) is 18.1 Å². The highest BCUT2D eigenvalue weighted by molar-refractivity contribution is 9.10. The van der Waals surface area contributed by atoms with Crippen LogP contribution in [0.4, 0.5) is 11.4 Å². The van der Waals surface area contributed by atoms with Crippen molar-refractivity contribution in [3.63, 3.8) is 0 Å². The van der Waals surface area contributed by atoms with Gasteiger partial charge in [-0.3, -0.25) is 14.9 Å². The third-order valence-electron chi connectivity index (χ3n) is 2.86. The van der Waals surface area contributed by atoms with Gasteiger partial charge in [-0.1, -0.05) is 0 Å². The summed E-state index contributed by atoms with van der Waals surface area (Å²) in [6, 6.07) is 3.43. The molecule has 102 valence electrons. The Morgan fingerprint density at radius 1 is 1.53 bits per heavy atom. The van der Waals surface area contributed by atoms with Crippen molar-refractivity contribution in [2.45, 2.75) is 25.8 Å². The Bertz CT molecular complexity index is 529. The number of benzene rings is 1. The van der Waals surface area contributed by atoms with Gasteiger partial charge in [-0.2, -0.15) is 0 Å². The second kappa shape index (κ2) is 5.56. The fourth-order valence-electron chi connectivity index (χ4n) is 1.69. The highest BCUT2D eigenvalue weighted by Crippen LogP contribution is 2.30. The van der Waals surface area contributed by atoms with Crippen LogP contribution in [-0.4, -0.2) is 23.4 Å². The summed E-state index contributed by atoms with van der Waals surface area (Å²) in [6.45, 7) is 1.83. The minimum Gasteiger partial charge on any atom is -0.375 e. The van der Waals surface area contributed by atoms with Gasteiger partial charge < -0.3 is 10.6 Å². The maximum Gasteiger partial charge on any atom is 0.273 e. The number of nitrogens with zero attached hydrogens (tertiary/aromatic N) is 1. The van der Waals surface area contributed by atoms with E-state index in [4.69, 9.17) is 0 Å². The van der Waals surface area contributed by atoms with E-state index in [1.165, 1.54) is 6.07 Å². The molecule has 0 radical (unpaired) electrons. The van der Waals surface area contributed by atoms with Crippen LogP contribution in [0.2, 0.25) is 0 Å². The number of carbonyl (C=O) groups is 1. The number of carbonyl (C=O) groups excluding carboxylic acids is 1. The van der Waals surface area contributed by atoms with Crippen LogP contribution in [0.5, 0.6) is 0 Å². The van der Waals surface area contributed by atoms with E-state index >= 15 is 0 Å². The van der Waals surface area contributed by atoms with Crippen LogP contribution in [0.3, 0.4) is 0 Å². The zero-order chi connectivity index (χ0) is 14.0. The number of halogens is 1. The molecule has 0 atom stereocenters. The number of hydrogen-bond donors (Lipinski definition) is 2. The van der Waals surface area contributed by atoms with Gasteiger partial charge in [-0.05, 0) is 41.8 Å². The molecule has 6 nitrogen and oxygen atoms in total. The van der Waals surface area contributed by atoms with Crippen molar-refractivity contribution in [1.82, 2.24) is 5.32 Å². The van der Waals surface area contributed by atoms with Crippen LogP contribution < -0.4 is 10.6 Å². The average Bonchev–Trinajstić information content (AvgIpc) is 3.13. The van der Waals surface area contributed by atoms with Crippen LogP contribution in [0, 0.1) is 17.0 Å². The molecule has 0 heterocycles. The summed E-state index contributed by atoms with van der Waals surface area (Å²) in [6.07, 6.45) is 2.10. The molecule has 1 aliphatic rings. The molecule has 0 unspecified atom stereocenters. The lowest BCUT2D eigenvalue weighted by molar-refractivity contribution is -0.385. The van der Waals surface area contributed by atoms with Gasteiger partial charge in [0.15, 0.2) is 0 Å². The molecule has 0 saturated heterocycles. The molecule has 1 aliphatic carbocycles. The number of nitro groups is 1. The molecule has 1 fully saturated rings. The summed E-state index contributed by atoms with van der Waals surface area (Å²) in [5.74, 6) is -0.0644. The molecule has 2 rings (SSSR count). The van der Waals surface area contributed by atoms with E-state index < -0.39 is 4.92 Å². The summed E-state index contributed by atoms with van der Waals surface area (Å²) < 4.78 is 0.573. The van der Waals surface area contributed by atoms with Gasteiger partial charge in [0.05, 0.1) is 11.5 Å². The van der Waals surface area contributed by atoms with E-state index in [0.717, 1.165) is 12.8 Å². The molecular formula is C12H14BrN3O3. The molecule has 2 N–H and O–H groups in total. The first-order valence-electron chi connectivity index (χ1n) is 5.95. The fourth-order valence-corrected chi connectivity index (χ4v) is 2.16. The van der Waals surface area contributed by atoms with Crippen LogP contribution in [0.25, 0.3) is 0 Å². The fraction of sp³-hybridized carbons (Fsp3) is 0.417. The van der Waals surface area contributed by atoms with Crippen LogP contribution in [0.15, 0.2) is 16.6 Å². The maximum absolute atomic E-state index is 11.5. The van der Waals surface area contributed by atoms with Gasteiger partial charge in [0.25, 0.3) is 5.69 Å². The Kier molecular flexibility index (Phi) is 4.04. The predicted molar refractivity (Wildman–Crippen MR) is 75.2 cm³/mol. The zero-order valence-corrected chi connectivity index (χ0v) is 12.0. The van der Waals surface area contributed by atoms with Gasteiger partial charge in [0, 0.05) is 27.8 Å². The number of amides is 1. The lowest BCUT2D eigenvalue weighted by Crippen LogP contribution is -2.31. The first-order valence-corrected chi connectivity index (χ1v) is 6.74. The highest BCUT2D eigenvalue weighted by Gasteiger charge is 2.23. The summed E-state index contributed by atoms with van der Waals surface area (Å²) in [7, 11) is 0. The van der Waals surface area contributed by atoms with Gasteiger partial charge in [0.1, 0.15) is 0 Å². The van der Waals surface area contributed by atoms with Crippen molar-refractivity contribution in [2.24, 2.45) is 0 Å². The van der Waals surface area contributed by atoms with Crippen molar-refractivity contribution in [3.05, 3.63) is 32.3 Å². The van der Waals surface area contributed by atoms with E-state index in [0.29, 0.717) is 21.8 Å². The third kappa shape index (κ3) is 3.66. The van der Waals surface area contributed by atoms with Gasteiger partial charge >= 0.3 is 0 Å². The van der Waals surface area contributed by atoms with E-state index in [1.807, 2.05) is 0 Å². The van der Waals surface area contributed by atoms with Gasteiger partial charge in [-0.15, -0.1) is 0 Å². The van der Waals surface area contributed by atoms with E-state index in [9.17, 15) is 14.9 Å². The molecule has 0 bridgehead atoms. The van der Waals surface area contributed by atoms with Crippen LogP contribution in [0.1, 0.15) is 18.4 Å². The molecule has 0 spiro atoms. The van der Waals surface area contributed by atoms with Gasteiger partial charge in [-0.25, -0.2) is 0 Å². The molecule has 0 aliphatic heterocycles. The van der Waals surface area contributed by atoms with E-state index in [2.05, 4.69) is 26.6 Å². The van der Waals surface area contributed by atoms with Crippen molar-refractivity contribution < 1.29 is 9.72 Å². The molecule has 7 heteroatoms. The number of hydrogen-bond acceptors (Lipinski definition) is 4. The second-order valence-corrected chi connectivity index (χ2v) is 5.43. The number of nitro benzene ring substituents is 1. The Labute approximate surface area is 118 Å². The Morgan fingerprint density at radius 3 is 2.79 bits per heavy atom. The molecule has 1 aromatic rings. The monoisotopic (exact) mass is 327 g/mol. The van der Waals surface area contributed by atoms with E-state index in [1.54, 1.807) is 13.0 Å². The quantitative estimate of drug-likeness (QED) is 0.642. The van der Waals surface area contributed by atoms with Crippen molar-refractivity contribution in [2.75, 3.05) is 11.9 Å². The predicted octanol–water partition coefficient (Wildman–Crippen LogP) is 2.36. The topological polar surface area (TPSA) is 84.3 Å². The minimum atomic E-state index is -0.427. The van der Waals surface area contributed by atoms with Crippen molar-refractivity contribution >= 4 is 33.2 Å². The summed E-state index contributed by atoms with van der Waals surface area (Å²) in [5.41, 5.74) is 1.28. The lowest BCUT2D eigenvalue weighted by Gasteiger charge is -2.10. The number of anilines is 1. The molecule has 1 aromatic carbocycles. The second-order valence-electron chi connectivity index (χ2n) is 4.57. The standard InChI is InChI=1S/C12H14BrN3O3/c1-7-4-10(9(13)5-11(7)16(18)19)14-6-12(17)15-8-2-3-8/h4-5,8,14H,2-3,6H2,1H3,(H,15,17). The molecule has 1 saturated carbocycles. The first kappa shape index (κ1) is 13.8. The Balaban J connectivity index is 2.01. The maximum atomic E-state index is 11.5. The Hall–Kier alpha value is -1.63. The number of nitrogens with one attached hydrogen (secondary N) is 2. The van der Waals surface area contributed by atoms with Crippen molar-refractivity contribution in [3.8, 4) is 0 Å². The Morgan fingerprint density at radius 2 is 2.21 bits per heavy atom. The zero-order valence-electron chi connectivity index (χ0n) is 10.4. The number of aryl methyl sites for hydroxylation is 1. The molecule has 19 heavy (non-hydrogen) atoms.